The molecule has 0 saturated carbocycles. The Labute approximate surface area is 72.4 Å². The Kier molecular flexibility index (Phi) is 4.57. The molecule has 0 rings (SSSR count). The van der Waals surface area contributed by atoms with E-state index in [-0.39, 0.29) is 11.8 Å². The van der Waals surface area contributed by atoms with Crippen molar-refractivity contribution in [3.05, 3.63) is 0 Å². The molecule has 66 valence electrons. The smallest absolute Gasteiger partial charge is 0.303 e. The Balaban J connectivity index is 3.70. The highest BCUT2D eigenvalue weighted by atomic mass is 32.2. The van der Waals surface area contributed by atoms with Crippen LogP contribution in [0.4, 0.5) is 0 Å². The Morgan fingerprint density at radius 2 is 2.09 bits per heavy atom. The molecule has 3 heteroatoms. The van der Waals surface area contributed by atoms with Gasteiger partial charge in [-0.1, -0.05) is 13.8 Å². The molecule has 2 nitrogen and oxygen atoms in total. The summed E-state index contributed by atoms with van der Waals surface area (Å²) in [6.45, 7) is 3.99. The first-order valence-electron chi connectivity index (χ1n) is 3.69. The second kappa shape index (κ2) is 4.65. The normalized spacial score (nSPS) is 11.5. The summed E-state index contributed by atoms with van der Waals surface area (Å²) in [5.74, 6) is 0.344. The molecule has 0 saturated heterocycles. The number of hydrogen-bond acceptors (Lipinski definition) is 2. The molecule has 0 atom stereocenters. The molecule has 0 aromatic heterocycles. The van der Waals surface area contributed by atoms with Crippen LogP contribution in [0.1, 0.15) is 26.7 Å². The number of carboxylic acid groups (broad SMARTS) is 1. The van der Waals surface area contributed by atoms with Gasteiger partial charge in [0.1, 0.15) is 0 Å². The van der Waals surface area contributed by atoms with Crippen LogP contribution in [0.25, 0.3) is 0 Å². The number of carboxylic acids is 1. The Morgan fingerprint density at radius 3 is 2.45 bits per heavy atom. The number of hydrogen-bond donors (Lipinski definition) is 1. The van der Waals surface area contributed by atoms with Crippen LogP contribution in [0.3, 0.4) is 0 Å². The summed E-state index contributed by atoms with van der Waals surface area (Å²) < 4.78 is 0. The Bertz CT molecular complexity index is 132. The average Bonchev–Trinajstić information content (AvgIpc) is 1.81. The molecule has 0 aliphatic heterocycles. The fourth-order valence-corrected chi connectivity index (χ4v) is 1.63. The molecular formula is C8H16O2S. The van der Waals surface area contributed by atoms with E-state index in [2.05, 4.69) is 0 Å². The zero-order chi connectivity index (χ0) is 8.91. The van der Waals surface area contributed by atoms with Gasteiger partial charge in [0.25, 0.3) is 0 Å². The maximum absolute atomic E-state index is 10.4. The van der Waals surface area contributed by atoms with E-state index >= 15 is 0 Å². The molecular weight excluding hydrogens is 160 g/mol. The lowest BCUT2D eigenvalue weighted by molar-refractivity contribution is -0.139. The van der Waals surface area contributed by atoms with E-state index in [1.54, 1.807) is 11.8 Å². The number of aliphatic carboxylic acids is 1. The third-order valence-corrected chi connectivity index (χ3v) is 2.23. The standard InChI is InChI=1S/C8H16O2S/c1-8(2,4-5-11-3)6-7(9)10/h4-6H2,1-3H3,(H,9,10). The quantitative estimate of drug-likeness (QED) is 0.698. The lowest BCUT2D eigenvalue weighted by atomic mass is 9.87. The van der Waals surface area contributed by atoms with Gasteiger partial charge in [0.15, 0.2) is 0 Å². The molecule has 0 aliphatic carbocycles. The van der Waals surface area contributed by atoms with E-state index in [1.807, 2.05) is 20.1 Å². The van der Waals surface area contributed by atoms with Gasteiger partial charge >= 0.3 is 5.97 Å². The van der Waals surface area contributed by atoms with E-state index in [1.165, 1.54) is 0 Å². The lowest BCUT2D eigenvalue weighted by Crippen LogP contribution is -2.17. The van der Waals surface area contributed by atoms with Crippen LogP contribution in [0, 0.1) is 5.41 Å². The zero-order valence-corrected chi connectivity index (χ0v) is 8.20. The summed E-state index contributed by atoms with van der Waals surface area (Å²) in [6.07, 6.45) is 3.28. The van der Waals surface area contributed by atoms with Crippen molar-refractivity contribution in [1.82, 2.24) is 0 Å². The predicted molar refractivity (Wildman–Crippen MR) is 49.0 cm³/mol. The summed E-state index contributed by atoms with van der Waals surface area (Å²) in [7, 11) is 0. The van der Waals surface area contributed by atoms with Crippen molar-refractivity contribution >= 4 is 17.7 Å². The molecule has 0 aromatic rings. The summed E-state index contributed by atoms with van der Waals surface area (Å²) in [5, 5.41) is 8.54. The molecule has 0 amide bonds. The van der Waals surface area contributed by atoms with Gasteiger partial charge in [0, 0.05) is 0 Å². The first-order chi connectivity index (χ1) is 4.98. The van der Waals surface area contributed by atoms with Crippen molar-refractivity contribution < 1.29 is 9.90 Å². The molecule has 0 aliphatic rings. The Morgan fingerprint density at radius 1 is 1.55 bits per heavy atom. The van der Waals surface area contributed by atoms with Crippen LogP contribution in [-0.2, 0) is 4.79 Å². The van der Waals surface area contributed by atoms with Crippen LogP contribution < -0.4 is 0 Å². The third-order valence-electron chi connectivity index (χ3n) is 1.61. The Hall–Kier alpha value is -0.180. The number of carbonyl (C=O) groups is 1. The highest BCUT2D eigenvalue weighted by Gasteiger charge is 2.20. The summed E-state index contributed by atoms with van der Waals surface area (Å²) in [6, 6.07) is 0. The summed E-state index contributed by atoms with van der Waals surface area (Å²) >= 11 is 1.76. The van der Waals surface area contributed by atoms with Gasteiger partial charge in [-0.3, -0.25) is 4.79 Å². The molecule has 0 radical (unpaired) electrons. The molecule has 0 bridgehead atoms. The fraction of sp³-hybridized carbons (Fsp3) is 0.875. The van der Waals surface area contributed by atoms with E-state index in [4.69, 9.17) is 5.11 Å². The maximum atomic E-state index is 10.4. The minimum atomic E-state index is -0.698. The minimum Gasteiger partial charge on any atom is -0.481 e. The van der Waals surface area contributed by atoms with Gasteiger partial charge in [-0.15, -0.1) is 0 Å². The van der Waals surface area contributed by atoms with E-state index in [9.17, 15) is 4.79 Å². The summed E-state index contributed by atoms with van der Waals surface area (Å²) in [5.41, 5.74) is -0.0468. The molecule has 1 N–H and O–H groups in total. The van der Waals surface area contributed by atoms with Gasteiger partial charge in [0.2, 0.25) is 0 Å². The molecule has 11 heavy (non-hydrogen) atoms. The SMILES string of the molecule is CSCCC(C)(C)CC(=O)O. The van der Waals surface area contributed by atoms with Gasteiger partial charge in [-0.25, -0.2) is 0 Å². The first kappa shape index (κ1) is 10.8. The van der Waals surface area contributed by atoms with Crippen molar-refractivity contribution in [1.29, 1.82) is 0 Å². The van der Waals surface area contributed by atoms with Gasteiger partial charge in [-0.2, -0.15) is 11.8 Å². The highest BCUT2D eigenvalue weighted by molar-refractivity contribution is 7.98. The van der Waals surface area contributed by atoms with Crippen molar-refractivity contribution in [2.24, 2.45) is 5.41 Å². The van der Waals surface area contributed by atoms with Gasteiger partial charge in [0.05, 0.1) is 6.42 Å². The van der Waals surface area contributed by atoms with Crippen LogP contribution in [-0.4, -0.2) is 23.1 Å². The van der Waals surface area contributed by atoms with E-state index in [0.29, 0.717) is 0 Å². The third kappa shape index (κ3) is 6.23. The van der Waals surface area contributed by atoms with Crippen molar-refractivity contribution in [2.45, 2.75) is 26.7 Å². The second-order valence-corrected chi connectivity index (χ2v) is 4.46. The topological polar surface area (TPSA) is 37.3 Å². The molecule has 0 unspecified atom stereocenters. The van der Waals surface area contributed by atoms with Crippen LogP contribution >= 0.6 is 11.8 Å². The van der Waals surface area contributed by atoms with Crippen molar-refractivity contribution in [3.63, 3.8) is 0 Å². The molecule has 0 fully saturated rings. The zero-order valence-electron chi connectivity index (χ0n) is 7.39. The van der Waals surface area contributed by atoms with E-state index < -0.39 is 5.97 Å². The second-order valence-electron chi connectivity index (χ2n) is 3.48. The van der Waals surface area contributed by atoms with Crippen molar-refractivity contribution in [2.75, 3.05) is 12.0 Å². The molecule has 0 aromatic carbocycles. The van der Waals surface area contributed by atoms with Crippen LogP contribution in [0.5, 0.6) is 0 Å². The highest BCUT2D eigenvalue weighted by Crippen LogP contribution is 2.26. The molecule has 0 spiro atoms. The van der Waals surface area contributed by atoms with Gasteiger partial charge in [-0.05, 0) is 23.8 Å². The number of thioether (sulfide) groups is 1. The first-order valence-corrected chi connectivity index (χ1v) is 5.08. The maximum Gasteiger partial charge on any atom is 0.303 e. The van der Waals surface area contributed by atoms with E-state index in [0.717, 1.165) is 12.2 Å². The molecule has 0 heterocycles. The van der Waals surface area contributed by atoms with Crippen LogP contribution in [0.2, 0.25) is 0 Å². The van der Waals surface area contributed by atoms with Gasteiger partial charge < -0.3 is 5.11 Å². The number of rotatable bonds is 5. The predicted octanol–water partition coefficient (Wildman–Crippen LogP) is 2.24. The van der Waals surface area contributed by atoms with Crippen molar-refractivity contribution in [3.8, 4) is 0 Å². The average molecular weight is 176 g/mol. The fourth-order valence-electron chi connectivity index (χ4n) is 0.876. The minimum absolute atomic E-state index is 0.0468. The lowest BCUT2D eigenvalue weighted by Gasteiger charge is -2.21. The van der Waals surface area contributed by atoms with Crippen LogP contribution in [0.15, 0.2) is 0 Å². The monoisotopic (exact) mass is 176 g/mol. The largest absolute Gasteiger partial charge is 0.481 e. The summed E-state index contributed by atoms with van der Waals surface area (Å²) in [4.78, 5) is 10.4.